The minimum Gasteiger partial charge on any atom is -0.399 e. The van der Waals surface area contributed by atoms with Crippen molar-refractivity contribution in [2.45, 2.75) is 24.3 Å². The second-order valence-electron chi connectivity index (χ2n) is 3.63. The number of hydrogen-bond acceptors (Lipinski definition) is 4. The van der Waals surface area contributed by atoms with Crippen molar-refractivity contribution in [1.29, 1.82) is 0 Å². The molecule has 0 aliphatic carbocycles. The Balaban J connectivity index is 3.04. The first-order valence-electron chi connectivity index (χ1n) is 5.08. The van der Waals surface area contributed by atoms with Crippen LogP contribution in [0.3, 0.4) is 0 Å². The Labute approximate surface area is 99.5 Å². The fourth-order valence-electron chi connectivity index (χ4n) is 1.28. The zero-order valence-electron chi connectivity index (χ0n) is 9.35. The number of rotatable bonds is 5. The fourth-order valence-corrected chi connectivity index (χ4v) is 2.65. The van der Waals surface area contributed by atoms with Gasteiger partial charge in [-0.25, -0.2) is 17.5 Å². The lowest BCUT2D eigenvalue weighted by molar-refractivity contribution is 0.254. The summed E-state index contributed by atoms with van der Waals surface area (Å²) in [6.07, 6.45) is 0.431. The van der Waals surface area contributed by atoms with E-state index in [4.69, 9.17) is 10.8 Å². The van der Waals surface area contributed by atoms with E-state index in [1.807, 2.05) is 0 Å². The lowest BCUT2D eigenvalue weighted by Crippen LogP contribution is -2.36. The molecule has 0 amide bonds. The van der Waals surface area contributed by atoms with Gasteiger partial charge in [0.25, 0.3) is 0 Å². The topological polar surface area (TPSA) is 92.4 Å². The summed E-state index contributed by atoms with van der Waals surface area (Å²) in [5.41, 5.74) is 5.40. The molecule has 1 unspecified atom stereocenters. The van der Waals surface area contributed by atoms with Gasteiger partial charge in [0.05, 0.1) is 11.5 Å². The van der Waals surface area contributed by atoms with Crippen LogP contribution in [0.1, 0.15) is 13.3 Å². The van der Waals surface area contributed by atoms with E-state index in [0.29, 0.717) is 6.42 Å². The van der Waals surface area contributed by atoms with Crippen molar-refractivity contribution in [3.05, 3.63) is 24.0 Å². The maximum Gasteiger partial charge on any atom is 0.241 e. The molecule has 0 saturated carbocycles. The minimum atomic E-state index is -3.86. The van der Waals surface area contributed by atoms with E-state index in [2.05, 4.69) is 4.72 Å². The highest BCUT2D eigenvalue weighted by Crippen LogP contribution is 2.16. The molecule has 0 radical (unpaired) electrons. The van der Waals surface area contributed by atoms with Crippen LogP contribution in [0, 0.1) is 5.82 Å². The standard InChI is InChI=1S/C10H15FN2O3S/c1-2-9(6-14)13-17(15,16)10-4-7(11)3-8(12)5-10/h3-5,9,13-14H,2,6,12H2,1H3. The first-order chi connectivity index (χ1) is 7.89. The molecule has 1 aromatic rings. The van der Waals surface area contributed by atoms with Crippen LogP contribution in [0.2, 0.25) is 0 Å². The first kappa shape index (κ1) is 13.9. The van der Waals surface area contributed by atoms with Gasteiger partial charge in [0.1, 0.15) is 5.82 Å². The molecule has 96 valence electrons. The normalized spacial score (nSPS) is 13.6. The number of hydrogen-bond donors (Lipinski definition) is 3. The Morgan fingerprint density at radius 3 is 2.59 bits per heavy atom. The molecule has 1 rings (SSSR count). The van der Waals surface area contributed by atoms with Crippen LogP contribution >= 0.6 is 0 Å². The summed E-state index contributed by atoms with van der Waals surface area (Å²) >= 11 is 0. The van der Waals surface area contributed by atoms with Gasteiger partial charge >= 0.3 is 0 Å². The van der Waals surface area contributed by atoms with Crippen LogP contribution in [-0.4, -0.2) is 26.2 Å². The Bertz CT molecular complexity index is 466. The number of nitrogens with one attached hydrogen (secondary N) is 1. The molecular weight excluding hydrogens is 247 g/mol. The molecule has 0 spiro atoms. The predicted octanol–water partition coefficient (Wildman–Crippen LogP) is 0.457. The lowest BCUT2D eigenvalue weighted by Gasteiger charge is -2.14. The summed E-state index contributed by atoms with van der Waals surface area (Å²) in [7, 11) is -3.86. The summed E-state index contributed by atoms with van der Waals surface area (Å²) in [5, 5.41) is 8.92. The smallest absolute Gasteiger partial charge is 0.241 e. The van der Waals surface area contributed by atoms with Crippen LogP contribution in [0.15, 0.2) is 23.1 Å². The molecule has 4 N–H and O–H groups in total. The van der Waals surface area contributed by atoms with E-state index in [1.165, 1.54) is 0 Å². The van der Waals surface area contributed by atoms with Gasteiger partial charge in [-0.05, 0) is 24.6 Å². The van der Waals surface area contributed by atoms with Gasteiger partial charge in [0.15, 0.2) is 0 Å². The Morgan fingerprint density at radius 1 is 1.47 bits per heavy atom. The number of halogens is 1. The van der Waals surface area contributed by atoms with Crippen molar-refractivity contribution in [1.82, 2.24) is 4.72 Å². The zero-order valence-corrected chi connectivity index (χ0v) is 10.2. The highest BCUT2D eigenvalue weighted by atomic mass is 32.2. The third-order valence-corrected chi connectivity index (χ3v) is 3.74. The van der Waals surface area contributed by atoms with Crippen molar-refractivity contribution in [2.24, 2.45) is 0 Å². The molecule has 0 heterocycles. The molecule has 0 aliphatic rings. The van der Waals surface area contributed by atoms with E-state index >= 15 is 0 Å². The minimum absolute atomic E-state index is 0.0300. The monoisotopic (exact) mass is 262 g/mol. The van der Waals surface area contributed by atoms with Gasteiger partial charge in [-0.2, -0.15) is 0 Å². The first-order valence-corrected chi connectivity index (χ1v) is 6.56. The highest BCUT2D eigenvalue weighted by Gasteiger charge is 2.19. The summed E-state index contributed by atoms with van der Waals surface area (Å²) < 4.78 is 38.9. The molecular formula is C10H15FN2O3S. The number of benzene rings is 1. The van der Waals surface area contributed by atoms with Crippen molar-refractivity contribution in [2.75, 3.05) is 12.3 Å². The van der Waals surface area contributed by atoms with E-state index in [0.717, 1.165) is 18.2 Å². The number of nitrogens with two attached hydrogens (primary N) is 1. The SMILES string of the molecule is CCC(CO)NS(=O)(=O)c1cc(N)cc(F)c1. The predicted molar refractivity (Wildman–Crippen MR) is 62.3 cm³/mol. The van der Waals surface area contributed by atoms with Gasteiger partial charge in [0, 0.05) is 11.7 Å². The molecule has 0 aromatic heterocycles. The third-order valence-electron chi connectivity index (χ3n) is 2.24. The average Bonchev–Trinajstić information content (AvgIpc) is 2.24. The van der Waals surface area contributed by atoms with Crippen molar-refractivity contribution >= 4 is 15.7 Å². The van der Waals surface area contributed by atoms with Crippen molar-refractivity contribution in [3.63, 3.8) is 0 Å². The molecule has 0 saturated heterocycles. The Kier molecular flexibility index (Phi) is 4.44. The van der Waals surface area contributed by atoms with Crippen LogP contribution in [0.5, 0.6) is 0 Å². The molecule has 17 heavy (non-hydrogen) atoms. The van der Waals surface area contributed by atoms with E-state index < -0.39 is 21.9 Å². The molecule has 7 heteroatoms. The quantitative estimate of drug-likeness (QED) is 0.672. The van der Waals surface area contributed by atoms with Gasteiger partial charge in [0.2, 0.25) is 10.0 Å². The van der Waals surface area contributed by atoms with Crippen molar-refractivity contribution < 1.29 is 17.9 Å². The van der Waals surface area contributed by atoms with Gasteiger partial charge < -0.3 is 10.8 Å². The van der Waals surface area contributed by atoms with Crippen LogP contribution in [0.4, 0.5) is 10.1 Å². The maximum atomic E-state index is 13.0. The average molecular weight is 262 g/mol. The summed E-state index contributed by atoms with van der Waals surface area (Å²) in [6, 6.07) is 2.48. The Hall–Kier alpha value is -1.18. The van der Waals surface area contributed by atoms with Crippen LogP contribution in [0.25, 0.3) is 0 Å². The molecule has 1 atom stereocenters. The second kappa shape index (κ2) is 5.44. The zero-order chi connectivity index (χ0) is 13.1. The van der Waals surface area contributed by atoms with E-state index in [1.54, 1.807) is 6.92 Å². The summed E-state index contributed by atoms with van der Waals surface area (Å²) in [5.74, 6) is -0.720. The molecule has 0 fully saturated rings. The second-order valence-corrected chi connectivity index (χ2v) is 5.34. The third kappa shape index (κ3) is 3.65. The lowest BCUT2D eigenvalue weighted by atomic mass is 10.3. The molecule has 5 nitrogen and oxygen atoms in total. The van der Waals surface area contributed by atoms with Crippen molar-refractivity contribution in [3.8, 4) is 0 Å². The number of anilines is 1. The number of sulfonamides is 1. The number of nitrogen functional groups attached to an aromatic ring is 1. The summed E-state index contributed by atoms with van der Waals surface area (Å²) in [6.45, 7) is 1.41. The molecule has 0 bridgehead atoms. The van der Waals surface area contributed by atoms with Gasteiger partial charge in [-0.1, -0.05) is 6.92 Å². The summed E-state index contributed by atoms with van der Waals surface area (Å²) in [4.78, 5) is -0.248. The van der Waals surface area contributed by atoms with E-state index in [-0.39, 0.29) is 17.2 Å². The maximum absolute atomic E-state index is 13.0. The molecule has 0 aliphatic heterocycles. The fraction of sp³-hybridized carbons (Fsp3) is 0.400. The van der Waals surface area contributed by atoms with Crippen LogP contribution in [-0.2, 0) is 10.0 Å². The van der Waals surface area contributed by atoms with Gasteiger partial charge in [-0.15, -0.1) is 0 Å². The Morgan fingerprint density at radius 2 is 2.12 bits per heavy atom. The van der Waals surface area contributed by atoms with E-state index in [9.17, 15) is 12.8 Å². The van der Waals surface area contributed by atoms with Gasteiger partial charge in [-0.3, -0.25) is 0 Å². The highest BCUT2D eigenvalue weighted by molar-refractivity contribution is 7.89. The number of aliphatic hydroxyl groups is 1. The largest absolute Gasteiger partial charge is 0.399 e. The molecule has 1 aromatic carbocycles. The number of aliphatic hydroxyl groups excluding tert-OH is 1. The van der Waals surface area contributed by atoms with Crippen LogP contribution < -0.4 is 10.5 Å².